The number of rotatable bonds is 4. The minimum absolute atomic E-state index is 0.0614. The van der Waals surface area contributed by atoms with Crippen LogP contribution in [0.4, 0.5) is 0 Å². The predicted octanol–water partition coefficient (Wildman–Crippen LogP) is 2.03. The number of carbonyl (C=O) groups excluding carboxylic acids is 2. The molecule has 8 heteroatoms. The van der Waals surface area contributed by atoms with Crippen LogP contribution in [0.1, 0.15) is 24.3 Å². The van der Waals surface area contributed by atoms with Crippen LogP contribution in [0.5, 0.6) is 0 Å². The quantitative estimate of drug-likeness (QED) is 0.835. The van der Waals surface area contributed by atoms with Crippen molar-refractivity contribution in [3.05, 3.63) is 41.0 Å². The van der Waals surface area contributed by atoms with Gasteiger partial charge in [0.05, 0.1) is 11.8 Å². The first kappa shape index (κ1) is 19.4. The lowest BCUT2D eigenvalue weighted by Gasteiger charge is -2.23. The number of aromatic nitrogens is 2. The molecule has 1 aromatic heterocycles. The van der Waals surface area contributed by atoms with Crippen LogP contribution < -0.4 is 0 Å². The molecule has 2 amide bonds. The molecule has 144 valence electrons. The zero-order valence-electron chi connectivity index (χ0n) is 15.4. The Labute approximate surface area is 162 Å². The Morgan fingerprint density at radius 1 is 1.37 bits per heavy atom. The van der Waals surface area contributed by atoms with Gasteiger partial charge in [0.2, 0.25) is 5.91 Å². The number of β-amino-alcohol motifs (C(OH)–C–C–N with tert-alkyl or cyclic N) is 1. The maximum absolute atomic E-state index is 12.8. The number of H-pyrrole nitrogens is 1. The highest BCUT2D eigenvalue weighted by atomic mass is 35.5. The standard InChI is InChI=1S/C19H23ClN4O3/c1-12(2)8-23-9-15(25)10-24(11-18(23)26)19(27)17-7-16(21-22-17)13-4-3-5-14(20)6-13/h3-7,12,15,25H,8-11H2,1-2H3,(H,21,22). The van der Waals surface area contributed by atoms with Crippen LogP contribution >= 0.6 is 11.6 Å². The first-order valence-electron chi connectivity index (χ1n) is 8.90. The Kier molecular flexibility index (Phi) is 5.82. The molecule has 0 spiro atoms. The average Bonchev–Trinajstić information content (AvgIpc) is 3.04. The largest absolute Gasteiger partial charge is 0.389 e. The third-order valence-corrected chi connectivity index (χ3v) is 4.58. The Balaban J connectivity index is 1.76. The van der Waals surface area contributed by atoms with Gasteiger partial charge in [0.1, 0.15) is 12.2 Å². The number of aliphatic hydroxyl groups is 1. The van der Waals surface area contributed by atoms with E-state index in [1.807, 2.05) is 19.9 Å². The summed E-state index contributed by atoms with van der Waals surface area (Å²) in [6.45, 7) is 4.85. The van der Waals surface area contributed by atoms with Crippen LogP contribution in [0, 0.1) is 5.92 Å². The summed E-state index contributed by atoms with van der Waals surface area (Å²) in [5, 5.41) is 17.7. The van der Waals surface area contributed by atoms with Gasteiger partial charge in [-0.15, -0.1) is 0 Å². The van der Waals surface area contributed by atoms with Gasteiger partial charge in [-0.2, -0.15) is 5.10 Å². The summed E-state index contributed by atoms with van der Waals surface area (Å²) in [4.78, 5) is 28.3. The third kappa shape index (κ3) is 4.67. The lowest BCUT2D eigenvalue weighted by Crippen LogP contribution is -2.40. The second-order valence-electron chi connectivity index (χ2n) is 7.21. The minimum atomic E-state index is -0.783. The highest BCUT2D eigenvalue weighted by molar-refractivity contribution is 6.30. The zero-order chi connectivity index (χ0) is 19.6. The molecule has 7 nitrogen and oxygen atoms in total. The van der Waals surface area contributed by atoms with Crippen LogP contribution in [0.2, 0.25) is 5.02 Å². The van der Waals surface area contributed by atoms with Gasteiger partial charge in [-0.3, -0.25) is 14.7 Å². The monoisotopic (exact) mass is 390 g/mol. The van der Waals surface area contributed by atoms with Gasteiger partial charge in [0.25, 0.3) is 5.91 Å². The normalized spacial score (nSPS) is 18.1. The van der Waals surface area contributed by atoms with E-state index in [0.717, 1.165) is 5.56 Å². The molecule has 1 aliphatic rings. The van der Waals surface area contributed by atoms with Crippen molar-refractivity contribution in [3.8, 4) is 11.3 Å². The van der Waals surface area contributed by atoms with Crippen LogP contribution in [0.3, 0.4) is 0 Å². The smallest absolute Gasteiger partial charge is 0.272 e. The van der Waals surface area contributed by atoms with Gasteiger partial charge >= 0.3 is 0 Å². The zero-order valence-corrected chi connectivity index (χ0v) is 16.1. The molecule has 1 atom stereocenters. The summed E-state index contributed by atoms with van der Waals surface area (Å²) >= 11 is 6.00. The van der Waals surface area contributed by atoms with E-state index in [-0.39, 0.29) is 43.1 Å². The fourth-order valence-electron chi connectivity index (χ4n) is 3.17. The number of halogens is 1. The lowest BCUT2D eigenvalue weighted by atomic mass is 10.1. The number of nitrogens with one attached hydrogen (secondary N) is 1. The van der Waals surface area contributed by atoms with Crippen molar-refractivity contribution in [2.24, 2.45) is 5.92 Å². The van der Waals surface area contributed by atoms with Crippen LogP contribution in [-0.4, -0.2) is 69.2 Å². The Bertz CT molecular complexity index is 836. The van der Waals surface area contributed by atoms with Gasteiger partial charge < -0.3 is 14.9 Å². The molecule has 3 rings (SSSR count). The lowest BCUT2D eigenvalue weighted by molar-refractivity contribution is -0.131. The fourth-order valence-corrected chi connectivity index (χ4v) is 3.36. The average molecular weight is 391 g/mol. The van der Waals surface area contributed by atoms with Crippen molar-refractivity contribution in [1.29, 1.82) is 0 Å². The Morgan fingerprint density at radius 2 is 2.15 bits per heavy atom. The first-order valence-corrected chi connectivity index (χ1v) is 9.27. The van der Waals surface area contributed by atoms with Crippen molar-refractivity contribution >= 4 is 23.4 Å². The summed E-state index contributed by atoms with van der Waals surface area (Å²) in [6, 6.07) is 8.80. The van der Waals surface area contributed by atoms with E-state index in [4.69, 9.17) is 11.6 Å². The molecule has 2 aromatic rings. The molecule has 1 aliphatic heterocycles. The molecule has 2 heterocycles. The number of nitrogens with zero attached hydrogens (tertiary/aromatic N) is 3. The molecule has 27 heavy (non-hydrogen) atoms. The molecule has 0 aliphatic carbocycles. The summed E-state index contributed by atoms with van der Waals surface area (Å²) in [6.07, 6.45) is -0.783. The summed E-state index contributed by atoms with van der Waals surface area (Å²) in [5.41, 5.74) is 1.64. The van der Waals surface area contributed by atoms with E-state index in [1.165, 1.54) is 4.90 Å². The number of hydrogen-bond acceptors (Lipinski definition) is 4. The Hall–Kier alpha value is -2.38. The first-order chi connectivity index (χ1) is 12.8. The third-order valence-electron chi connectivity index (χ3n) is 4.34. The van der Waals surface area contributed by atoms with Crippen molar-refractivity contribution < 1.29 is 14.7 Å². The van der Waals surface area contributed by atoms with Gasteiger partial charge in [0.15, 0.2) is 0 Å². The van der Waals surface area contributed by atoms with Crippen molar-refractivity contribution in [3.63, 3.8) is 0 Å². The molecule has 1 aromatic carbocycles. The molecule has 1 fully saturated rings. The number of benzene rings is 1. The van der Waals surface area contributed by atoms with E-state index < -0.39 is 6.10 Å². The van der Waals surface area contributed by atoms with Gasteiger partial charge in [0, 0.05) is 30.2 Å². The van der Waals surface area contributed by atoms with E-state index in [9.17, 15) is 14.7 Å². The molecule has 1 saturated heterocycles. The van der Waals surface area contributed by atoms with Crippen molar-refractivity contribution in [1.82, 2.24) is 20.0 Å². The topological polar surface area (TPSA) is 89.5 Å². The van der Waals surface area contributed by atoms with Crippen molar-refractivity contribution in [2.45, 2.75) is 20.0 Å². The molecular weight excluding hydrogens is 368 g/mol. The molecule has 0 radical (unpaired) electrons. The molecular formula is C19H23ClN4O3. The van der Waals surface area contributed by atoms with E-state index in [1.54, 1.807) is 29.2 Å². The number of aromatic amines is 1. The van der Waals surface area contributed by atoms with Crippen LogP contribution in [-0.2, 0) is 4.79 Å². The van der Waals surface area contributed by atoms with E-state index in [2.05, 4.69) is 10.2 Å². The maximum Gasteiger partial charge on any atom is 0.272 e. The van der Waals surface area contributed by atoms with E-state index in [0.29, 0.717) is 17.3 Å². The second kappa shape index (κ2) is 8.10. The number of carbonyl (C=O) groups is 2. The van der Waals surface area contributed by atoms with Crippen molar-refractivity contribution in [2.75, 3.05) is 26.2 Å². The molecule has 0 saturated carbocycles. The van der Waals surface area contributed by atoms with E-state index >= 15 is 0 Å². The second-order valence-corrected chi connectivity index (χ2v) is 7.65. The highest BCUT2D eigenvalue weighted by Gasteiger charge is 2.30. The number of hydrogen-bond donors (Lipinski definition) is 2. The fraction of sp³-hybridized carbons (Fsp3) is 0.421. The summed E-state index contributed by atoms with van der Waals surface area (Å²) < 4.78 is 0. The Morgan fingerprint density at radius 3 is 2.85 bits per heavy atom. The van der Waals surface area contributed by atoms with Crippen LogP contribution in [0.15, 0.2) is 30.3 Å². The maximum atomic E-state index is 12.8. The minimum Gasteiger partial charge on any atom is -0.389 e. The highest BCUT2D eigenvalue weighted by Crippen LogP contribution is 2.22. The predicted molar refractivity (Wildman–Crippen MR) is 102 cm³/mol. The number of aliphatic hydroxyl groups excluding tert-OH is 1. The molecule has 1 unspecified atom stereocenters. The molecule has 0 bridgehead atoms. The van der Waals surface area contributed by atoms with Gasteiger partial charge in [-0.25, -0.2) is 0 Å². The van der Waals surface area contributed by atoms with Gasteiger partial charge in [-0.05, 0) is 24.1 Å². The van der Waals surface area contributed by atoms with Crippen LogP contribution in [0.25, 0.3) is 11.3 Å². The SMILES string of the molecule is CC(C)CN1CC(O)CN(C(=O)c2cc(-c3cccc(Cl)c3)n[nH]2)CC1=O. The molecule has 2 N–H and O–H groups in total. The van der Waals surface area contributed by atoms with Gasteiger partial charge in [-0.1, -0.05) is 37.6 Å². The summed E-state index contributed by atoms with van der Waals surface area (Å²) in [5.74, 6) is -0.242. The summed E-state index contributed by atoms with van der Waals surface area (Å²) in [7, 11) is 0. The number of amides is 2.